The van der Waals surface area contributed by atoms with E-state index in [9.17, 15) is 0 Å². The standard InChI is InChI=1S/C13H28N2O/c1-10-7-15(8-11(2)16-10)9-12(14-6)13(3,4)5/h10-12,14H,7-9H2,1-6H3. The first-order chi connectivity index (χ1) is 7.32. The maximum absolute atomic E-state index is 5.76. The van der Waals surface area contributed by atoms with Crippen molar-refractivity contribution in [2.45, 2.75) is 52.9 Å². The van der Waals surface area contributed by atoms with Crippen LogP contribution >= 0.6 is 0 Å². The summed E-state index contributed by atoms with van der Waals surface area (Å²) in [5.41, 5.74) is 0.305. The Kier molecular flexibility index (Phi) is 4.77. The van der Waals surface area contributed by atoms with Gasteiger partial charge in [0.25, 0.3) is 0 Å². The normalized spacial score (nSPS) is 30.4. The second kappa shape index (κ2) is 5.48. The molecule has 0 aromatic rings. The van der Waals surface area contributed by atoms with Crippen LogP contribution < -0.4 is 5.32 Å². The van der Waals surface area contributed by atoms with Gasteiger partial charge in [-0.25, -0.2) is 0 Å². The molecule has 1 N–H and O–H groups in total. The van der Waals surface area contributed by atoms with Crippen LogP contribution in [0.25, 0.3) is 0 Å². The zero-order chi connectivity index (χ0) is 12.3. The van der Waals surface area contributed by atoms with Gasteiger partial charge in [0.15, 0.2) is 0 Å². The number of morpholine rings is 1. The molecule has 0 spiro atoms. The summed E-state index contributed by atoms with van der Waals surface area (Å²) in [5, 5.41) is 3.44. The van der Waals surface area contributed by atoms with E-state index >= 15 is 0 Å². The molecule has 0 aliphatic carbocycles. The van der Waals surface area contributed by atoms with Gasteiger partial charge in [0.05, 0.1) is 12.2 Å². The summed E-state index contributed by atoms with van der Waals surface area (Å²) in [7, 11) is 2.06. The lowest BCUT2D eigenvalue weighted by Gasteiger charge is -2.40. The highest BCUT2D eigenvalue weighted by molar-refractivity contribution is 4.84. The van der Waals surface area contributed by atoms with Gasteiger partial charge in [0.2, 0.25) is 0 Å². The lowest BCUT2D eigenvalue weighted by atomic mass is 9.86. The average Bonchev–Trinajstić information content (AvgIpc) is 2.10. The van der Waals surface area contributed by atoms with Crippen molar-refractivity contribution in [2.24, 2.45) is 5.41 Å². The zero-order valence-electron chi connectivity index (χ0n) is 11.7. The van der Waals surface area contributed by atoms with Crippen LogP contribution in [0.2, 0.25) is 0 Å². The van der Waals surface area contributed by atoms with Crippen molar-refractivity contribution in [1.82, 2.24) is 10.2 Å². The predicted molar refractivity (Wildman–Crippen MR) is 68.8 cm³/mol. The number of nitrogens with one attached hydrogen (secondary N) is 1. The molecular weight excluding hydrogens is 200 g/mol. The van der Waals surface area contributed by atoms with Gasteiger partial charge >= 0.3 is 0 Å². The Balaban J connectivity index is 2.51. The van der Waals surface area contributed by atoms with E-state index in [1.807, 2.05) is 0 Å². The maximum Gasteiger partial charge on any atom is 0.0678 e. The summed E-state index contributed by atoms with van der Waals surface area (Å²) in [6.45, 7) is 14.4. The third-order valence-electron chi connectivity index (χ3n) is 3.33. The summed E-state index contributed by atoms with van der Waals surface area (Å²) < 4.78 is 5.76. The second-order valence-corrected chi connectivity index (χ2v) is 6.18. The monoisotopic (exact) mass is 228 g/mol. The largest absolute Gasteiger partial charge is 0.373 e. The Morgan fingerprint density at radius 2 is 1.75 bits per heavy atom. The number of hydrogen-bond acceptors (Lipinski definition) is 3. The first-order valence-electron chi connectivity index (χ1n) is 6.38. The highest BCUT2D eigenvalue weighted by Crippen LogP contribution is 2.21. The average molecular weight is 228 g/mol. The Morgan fingerprint density at radius 3 is 2.12 bits per heavy atom. The fourth-order valence-electron chi connectivity index (χ4n) is 2.49. The molecule has 0 bridgehead atoms. The topological polar surface area (TPSA) is 24.5 Å². The van der Waals surface area contributed by atoms with Gasteiger partial charge in [-0.1, -0.05) is 20.8 Å². The van der Waals surface area contributed by atoms with Gasteiger partial charge in [-0.05, 0) is 26.3 Å². The van der Waals surface area contributed by atoms with Gasteiger partial charge in [0.1, 0.15) is 0 Å². The second-order valence-electron chi connectivity index (χ2n) is 6.18. The van der Waals surface area contributed by atoms with E-state index in [1.165, 1.54) is 0 Å². The van der Waals surface area contributed by atoms with Crippen molar-refractivity contribution in [1.29, 1.82) is 0 Å². The van der Waals surface area contributed by atoms with Crippen molar-refractivity contribution in [3.05, 3.63) is 0 Å². The summed E-state index contributed by atoms with van der Waals surface area (Å²) in [5.74, 6) is 0. The van der Waals surface area contributed by atoms with E-state index in [-0.39, 0.29) is 0 Å². The minimum atomic E-state index is 0.305. The summed E-state index contributed by atoms with van der Waals surface area (Å²) in [4.78, 5) is 2.52. The fourth-order valence-corrected chi connectivity index (χ4v) is 2.49. The van der Waals surface area contributed by atoms with Gasteiger partial charge < -0.3 is 10.1 Å². The maximum atomic E-state index is 5.76. The van der Waals surface area contributed by atoms with Crippen LogP contribution in [0.1, 0.15) is 34.6 Å². The number of ether oxygens (including phenoxy) is 1. The van der Waals surface area contributed by atoms with Crippen molar-refractivity contribution in [3.8, 4) is 0 Å². The Hall–Kier alpha value is -0.120. The molecule has 0 radical (unpaired) electrons. The van der Waals surface area contributed by atoms with E-state index in [2.05, 4.69) is 51.9 Å². The molecule has 3 atom stereocenters. The molecule has 1 saturated heterocycles. The number of nitrogens with zero attached hydrogens (tertiary/aromatic N) is 1. The van der Waals surface area contributed by atoms with Crippen molar-refractivity contribution < 1.29 is 4.74 Å². The van der Waals surface area contributed by atoms with E-state index in [0.29, 0.717) is 23.7 Å². The molecule has 1 aliphatic heterocycles. The quantitative estimate of drug-likeness (QED) is 0.796. The molecule has 0 amide bonds. The summed E-state index contributed by atoms with van der Waals surface area (Å²) in [6, 6.07) is 0.532. The lowest BCUT2D eigenvalue weighted by molar-refractivity contribution is -0.0723. The van der Waals surface area contributed by atoms with Crippen LogP contribution in [0.3, 0.4) is 0 Å². The Morgan fingerprint density at radius 1 is 1.25 bits per heavy atom. The molecule has 1 rings (SSSR count). The molecule has 3 heteroatoms. The Bertz CT molecular complexity index is 202. The van der Waals surface area contributed by atoms with Crippen LogP contribution in [0.4, 0.5) is 0 Å². The number of likely N-dealkylation sites (N-methyl/N-ethyl adjacent to an activating group) is 1. The highest BCUT2D eigenvalue weighted by atomic mass is 16.5. The molecule has 1 fully saturated rings. The molecule has 96 valence electrons. The third kappa shape index (κ3) is 4.04. The highest BCUT2D eigenvalue weighted by Gasteiger charge is 2.28. The SMILES string of the molecule is CNC(CN1CC(C)OC(C)C1)C(C)(C)C. The molecule has 0 aromatic carbocycles. The van der Waals surface area contributed by atoms with Crippen LogP contribution in [0, 0.1) is 5.41 Å². The Labute approximate surface area is 101 Å². The first-order valence-corrected chi connectivity index (χ1v) is 6.38. The van der Waals surface area contributed by atoms with Crippen LogP contribution in [0.15, 0.2) is 0 Å². The molecule has 1 heterocycles. The number of rotatable bonds is 3. The third-order valence-corrected chi connectivity index (χ3v) is 3.33. The van der Waals surface area contributed by atoms with Crippen molar-refractivity contribution >= 4 is 0 Å². The van der Waals surface area contributed by atoms with Gasteiger partial charge in [-0.15, -0.1) is 0 Å². The number of hydrogen-bond donors (Lipinski definition) is 1. The molecule has 0 aromatic heterocycles. The van der Waals surface area contributed by atoms with E-state index < -0.39 is 0 Å². The first kappa shape index (κ1) is 13.9. The molecule has 1 aliphatic rings. The van der Waals surface area contributed by atoms with Crippen molar-refractivity contribution in [3.63, 3.8) is 0 Å². The molecular formula is C13H28N2O. The van der Waals surface area contributed by atoms with Crippen LogP contribution in [-0.4, -0.2) is 49.8 Å². The summed E-state index contributed by atoms with van der Waals surface area (Å²) >= 11 is 0. The molecule has 16 heavy (non-hydrogen) atoms. The molecule has 3 unspecified atom stereocenters. The smallest absolute Gasteiger partial charge is 0.0678 e. The minimum Gasteiger partial charge on any atom is -0.373 e. The molecule has 0 saturated carbocycles. The lowest BCUT2D eigenvalue weighted by Crippen LogP contribution is -2.53. The molecule has 3 nitrogen and oxygen atoms in total. The fraction of sp³-hybridized carbons (Fsp3) is 1.00. The van der Waals surface area contributed by atoms with Crippen LogP contribution in [0.5, 0.6) is 0 Å². The van der Waals surface area contributed by atoms with E-state index in [4.69, 9.17) is 4.74 Å². The van der Waals surface area contributed by atoms with Gasteiger partial charge in [0, 0.05) is 25.7 Å². The van der Waals surface area contributed by atoms with Gasteiger partial charge in [-0.3, -0.25) is 4.90 Å². The zero-order valence-corrected chi connectivity index (χ0v) is 11.7. The predicted octanol–water partition coefficient (Wildman–Crippen LogP) is 1.73. The van der Waals surface area contributed by atoms with Crippen molar-refractivity contribution in [2.75, 3.05) is 26.7 Å². The van der Waals surface area contributed by atoms with E-state index in [1.54, 1.807) is 0 Å². The van der Waals surface area contributed by atoms with Gasteiger partial charge in [-0.2, -0.15) is 0 Å². The minimum absolute atomic E-state index is 0.305. The van der Waals surface area contributed by atoms with Crippen LogP contribution in [-0.2, 0) is 4.74 Å². The van der Waals surface area contributed by atoms with E-state index in [0.717, 1.165) is 19.6 Å². The summed E-state index contributed by atoms with van der Waals surface area (Å²) in [6.07, 6.45) is 0.724.